The maximum Gasteiger partial charge on any atom is 0.265 e. The Bertz CT molecular complexity index is 643. The predicted molar refractivity (Wildman–Crippen MR) is 89.1 cm³/mol. The topological polar surface area (TPSA) is 38.3 Å². The maximum absolute atomic E-state index is 12.1. The Morgan fingerprint density at radius 3 is 2.52 bits per heavy atom. The smallest absolute Gasteiger partial charge is 0.265 e. The summed E-state index contributed by atoms with van der Waals surface area (Å²) in [4.78, 5) is 12.1. The van der Waals surface area contributed by atoms with Gasteiger partial charge in [0, 0.05) is 10.7 Å². The summed E-state index contributed by atoms with van der Waals surface area (Å²) in [6.07, 6.45) is -0.622. The van der Waals surface area contributed by atoms with Gasteiger partial charge in [0.2, 0.25) is 0 Å². The average molecular weight is 369 g/mol. The number of ether oxygens (including phenoxy) is 1. The number of hydrogen-bond donors (Lipinski definition) is 1. The van der Waals surface area contributed by atoms with Gasteiger partial charge < -0.3 is 10.1 Å². The van der Waals surface area contributed by atoms with E-state index in [1.165, 1.54) is 0 Å². The highest BCUT2D eigenvalue weighted by atomic mass is 79.9. The van der Waals surface area contributed by atoms with Crippen molar-refractivity contribution in [3.63, 3.8) is 0 Å². The fourth-order valence-electron chi connectivity index (χ4n) is 1.70. The van der Waals surface area contributed by atoms with Crippen molar-refractivity contribution in [2.24, 2.45) is 0 Å². The predicted octanol–water partition coefficient (Wildman–Crippen LogP) is 4.82. The number of rotatable bonds is 4. The summed E-state index contributed by atoms with van der Waals surface area (Å²) >= 11 is 9.23. The fraction of sp³-hybridized carbons (Fsp3) is 0.188. The first-order chi connectivity index (χ1) is 9.95. The summed E-state index contributed by atoms with van der Waals surface area (Å²) in [7, 11) is 0. The van der Waals surface area contributed by atoms with E-state index in [9.17, 15) is 4.79 Å². The Morgan fingerprint density at radius 1 is 1.24 bits per heavy atom. The van der Waals surface area contributed by atoms with Crippen molar-refractivity contribution in [3.05, 3.63) is 57.5 Å². The van der Waals surface area contributed by atoms with Crippen LogP contribution < -0.4 is 10.1 Å². The number of amides is 1. The molecule has 2 aromatic rings. The molecule has 3 nitrogen and oxygen atoms in total. The van der Waals surface area contributed by atoms with Gasteiger partial charge in [-0.15, -0.1) is 0 Å². The van der Waals surface area contributed by atoms with Crippen molar-refractivity contribution in [3.8, 4) is 5.75 Å². The molecule has 2 rings (SSSR count). The summed E-state index contributed by atoms with van der Waals surface area (Å²) in [5.41, 5.74) is 1.89. The molecule has 0 saturated heterocycles. The zero-order chi connectivity index (χ0) is 15.4. The molecule has 0 fully saturated rings. The highest BCUT2D eigenvalue weighted by Gasteiger charge is 2.16. The molecule has 0 saturated carbocycles. The first-order valence-corrected chi connectivity index (χ1v) is 7.62. The van der Waals surface area contributed by atoms with Gasteiger partial charge >= 0.3 is 0 Å². The molecule has 0 aliphatic carbocycles. The molecule has 0 radical (unpaired) electrons. The van der Waals surface area contributed by atoms with Crippen LogP contribution >= 0.6 is 27.5 Å². The molecule has 5 heteroatoms. The number of carbonyl (C=O) groups is 1. The van der Waals surface area contributed by atoms with Crippen molar-refractivity contribution in [1.82, 2.24) is 0 Å². The van der Waals surface area contributed by atoms with Gasteiger partial charge in [-0.05, 0) is 60.1 Å². The van der Waals surface area contributed by atoms with Gasteiger partial charge in [-0.3, -0.25) is 4.79 Å². The second-order valence-electron chi connectivity index (χ2n) is 4.69. The van der Waals surface area contributed by atoms with E-state index in [0.29, 0.717) is 15.2 Å². The summed E-state index contributed by atoms with van der Waals surface area (Å²) in [6, 6.07) is 12.8. The highest BCUT2D eigenvalue weighted by Crippen LogP contribution is 2.28. The third-order valence-corrected chi connectivity index (χ3v) is 3.74. The second-order valence-corrected chi connectivity index (χ2v) is 5.98. The van der Waals surface area contributed by atoms with Crippen molar-refractivity contribution in [1.29, 1.82) is 0 Å². The van der Waals surface area contributed by atoms with Gasteiger partial charge in [0.25, 0.3) is 5.91 Å². The summed E-state index contributed by atoms with van der Waals surface area (Å²) in [5, 5.41) is 3.42. The lowest BCUT2D eigenvalue weighted by molar-refractivity contribution is -0.122. The number of benzene rings is 2. The molecule has 1 unspecified atom stereocenters. The first-order valence-electron chi connectivity index (χ1n) is 6.45. The Balaban J connectivity index is 2.00. The Kier molecular flexibility index (Phi) is 5.26. The molecular weight excluding hydrogens is 354 g/mol. The van der Waals surface area contributed by atoms with Crippen LogP contribution in [-0.2, 0) is 4.79 Å². The van der Waals surface area contributed by atoms with Gasteiger partial charge in [0.1, 0.15) is 5.75 Å². The van der Waals surface area contributed by atoms with Crippen LogP contribution in [0.3, 0.4) is 0 Å². The molecule has 0 aliphatic heterocycles. The summed E-state index contributed by atoms with van der Waals surface area (Å²) in [6.45, 7) is 3.69. The van der Waals surface area contributed by atoms with Crippen LogP contribution in [0.15, 0.2) is 46.9 Å². The van der Waals surface area contributed by atoms with Crippen molar-refractivity contribution >= 4 is 39.1 Å². The molecule has 0 aliphatic rings. The molecule has 110 valence electrons. The van der Waals surface area contributed by atoms with E-state index in [0.717, 1.165) is 11.3 Å². The normalized spacial score (nSPS) is 11.8. The van der Waals surface area contributed by atoms with E-state index in [1.54, 1.807) is 25.1 Å². The van der Waals surface area contributed by atoms with E-state index in [4.69, 9.17) is 16.3 Å². The number of halogens is 2. The molecule has 1 N–H and O–H groups in total. The lowest BCUT2D eigenvalue weighted by Gasteiger charge is -2.16. The molecular formula is C16H15BrClNO2. The molecule has 0 heterocycles. The maximum atomic E-state index is 12.1. The fourth-order valence-corrected chi connectivity index (χ4v) is 2.47. The standard InChI is InChI=1S/C16H15BrClNO2/c1-10-3-6-13(7-4-10)19-16(20)11(2)21-15-8-5-12(18)9-14(15)17/h3-9,11H,1-2H3,(H,19,20). The molecule has 1 amide bonds. The third kappa shape index (κ3) is 4.48. The van der Waals surface area contributed by atoms with Gasteiger partial charge in [0.15, 0.2) is 6.10 Å². The van der Waals surface area contributed by atoms with Crippen molar-refractivity contribution < 1.29 is 9.53 Å². The van der Waals surface area contributed by atoms with Crippen LogP contribution in [-0.4, -0.2) is 12.0 Å². The van der Waals surface area contributed by atoms with Gasteiger partial charge in [-0.1, -0.05) is 29.3 Å². The third-order valence-electron chi connectivity index (χ3n) is 2.89. The molecule has 0 bridgehead atoms. The molecule has 0 spiro atoms. The second kappa shape index (κ2) is 6.96. The van der Waals surface area contributed by atoms with Crippen LogP contribution in [0.1, 0.15) is 12.5 Å². The van der Waals surface area contributed by atoms with Gasteiger partial charge in [-0.25, -0.2) is 0 Å². The molecule has 21 heavy (non-hydrogen) atoms. The zero-order valence-corrected chi connectivity index (χ0v) is 14.0. The van der Waals surface area contributed by atoms with Crippen LogP contribution in [0.4, 0.5) is 5.69 Å². The van der Waals surface area contributed by atoms with Crippen LogP contribution in [0.5, 0.6) is 5.75 Å². The number of hydrogen-bond acceptors (Lipinski definition) is 2. The summed E-state index contributed by atoms with van der Waals surface area (Å²) in [5.74, 6) is 0.367. The van der Waals surface area contributed by atoms with Crippen LogP contribution in [0, 0.1) is 6.92 Å². The lowest BCUT2D eigenvalue weighted by Crippen LogP contribution is -2.30. The molecule has 2 aromatic carbocycles. The minimum atomic E-state index is -0.622. The number of aryl methyl sites for hydroxylation is 1. The minimum absolute atomic E-state index is 0.208. The zero-order valence-electron chi connectivity index (χ0n) is 11.7. The first kappa shape index (κ1) is 15.9. The molecule has 0 aromatic heterocycles. The van der Waals surface area contributed by atoms with E-state index in [2.05, 4.69) is 21.2 Å². The van der Waals surface area contributed by atoms with Crippen LogP contribution in [0.2, 0.25) is 5.02 Å². The van der Waals surface area contributed by atoms with Crippen molar-refractivity contribution in [2.75, 3.05) is 5.32 Å². The number of carbonyl (C=O) groups excluding carboxylic acids is 1. The monoisotopic (exact) mass is 367 g/mol. The Labute approximate surface area is 137 Å². The SMILES string of the molecule is Cc1ccc(NC(=O)C(C)Oc2ccc(Cl)cc2Br)cc1. The van der Waals surface area contributed by atoms with E-state index in [1.807, 2.05) is 31.2 Å². The number of anilines is 1. The highest BCUT2D eigenvalue weighted by molar-refractivity contribution is 9.10. The van der Waals surface area contributed by atoms with Gasteiger partial charge in [-0.2, -0.15) is 0 Å². The quantitative estimate of drug-likeness (QED) is 0.840. The van der Waals surface area contributed by atoms with Crippen LogP contribution in [0.25, 0.3) is 0 Å². The molecule has 1 atom stereocenters. The number of nitrogens with one attached hydrogen (secondary N) is 1. The van der Waals surface area contributed by atoms with E-state index in [-0.39, 0.29) is 5.91 Å². The lowest BCUT2D eigenvalue weighted by atomic mass is 10.2. The van der Waals surface area contributed by atoms with Gasteiger partial charge in [0.05, 0.1) is 4.47 Å². The average Bonchev–Trinajstić information content (AvgIpc) is 2.44. The van der Waals surface area contributed by atoms with E-state index < -0.39 is 6.10 Å². The Hall–Kier alpha value is -1.52. The Morgan fingerprint density at radius 2 is 1.90 bits per heavy atom. The minimum Gasteiger partial charge on any atom is -0.480 e. The largest absolute Gasteiger partial charge is 0.480 e. The van der Waals surface area contributed by atoms with Crippen molar-refractivity contribution in [2.45, 2.75) is 20.0 Å². The van der Waals surface area contributed by atoms with E-state index >= 15 is 0 Å². The summed E-state index contributed by atoms with van der Waals surface area (Å²) < 4.78 is 6.35.